The molecule has 5 heteroatoms. The first-order valence-electron chi connectivity index (χ1n) is 17.5. The Bertz CT molecular complexity index is 468. The summed E-state index contributed by atoms with van der Waals surface area (Å²) in [6, 6.07) is 0. The largest absolute Gasteiger partial charge is 0.395 e. The Hall–Kier alpha value is 0.130. The minimum atomic E-state index is 0. The van der Waals surface area contributed by atoms with Crippen LogP contribution < -0.4 is 0 Å². The highest BCUT2D eigenvalue weighted by atomic mass is 35.5. The molecule has 1 N–H and O–H groups in total. The lowest BCUT2D eigenvalue weighted by molar-refractivity contribution is 0.0634. The first kappa shape index (κ1) is 39.1. The summed E-state index contributed by atoms with van der Waals surface area (Å²) >= 11 is 0. The molecule has 1 aliphatic heterocycles. The topological polar surface area (TPSA) is 35.9 Å². The molecular weight excluding hydrogens is 504 g/mol. The zero-order valence-corrected chi connectivity index (χ0v) is 27.5. The van der Waals surface area contributed by atoms with E-state index in [-0.39, 0.29) is 19.0 Å². The first-order valence-corrected chi connectivity index (χ1v) is 17.5. The van der Waals surface area contributed by atoms with Gasteiger partial charge in [0.25, 0.3) is 0 Å². The molecule has 1 unspecified atom stereocenters. The Labute approximate surface area is 251 Å². The van der Waals surface area contributed by atoms with Crippen molar-refractivity contribution in [2.24, 2.45) is 0 Å². The average Bonchev–Trinajstić information content (AvgIpc) is 3.30. The second kappa shape index (κ2) is 31.1. The molecule has 0 aromatic rings. The molecule has 4 nitrogen and oxygen atoms in total. The Kier molecular flexibility index (Phi) is 31.2. The molecule has 236 valence electrons. The van der Waals surface area contributed by atoms with Gasteiger partial charge < -0.3 is 9.84 Å². The van der Waals surface area contributed by atoms with Crippen LogP contribution in [0.4, 0.5) is 0 Å². The molecule has 0 spiro atoms. The number of nitrogens with zero attached hydrogens (tertiary/aromatic N) is 2. The third-order valence-corrected chi connectivity index (χ3v) is 8.64. The van der Waals surface area contributed by atoms with Gasteiger partial charge in [-0.3, -0.25) is 9.80 Å². The number of hydrogen-bond donors (Lipinski definition) is 1. The van der Waals surface area contributed by atoms with Gasteiger partial charge in [0.1, 0.15) is 0 Å². The zero-order chi connectivity index (χ0) is 27.4. The summed E-state index contributed by atoms with van der Waals surface area (Å²) in [5.74, 6) is 0. The summed E-state index contributed by atoms with van der Waals surface area (Å²) < 4.78 is 6.03. The van der Waals surface area contributed by atoms with Crippen molar-refractivity contribution >= 4 is 12.4 Å². The number of aliphatic hydroxyl groups is 1. The first-order chi connectivity index (χ1) is 18.8. The number of hydrogen-bond acceptors (Lipinski definition) is 4. The number of rotatable bonds is 30. The monoisotopic (exact) mass is 575 g/mol. The fourth-order valence-corrected chi connectivity index (χ4v) is 6.12. The van der Waals surface area contributed by atoms with Gasteiger partial charge in [0.15, 0.2) is 0 Å². The van der Waals surface area contributed by atoms with Crippen molar-refractivity contribution in [2.75, 3.05) is 46.0 Å². The number of halogens is 1. The molecule has 1 aliphatic rings. The van der Waals surface area contributed by atoms with Crippen molar-refractivity contribution in [3.63, 3.8) is 0 Å². The van der Waals surface area contributed by atoms with Crippen LogP contribution in [0.15, 0.2) is 0 Å². The minimum Gasteiger partial charge on any atom is -0.395 e. The standard InChI is InChI=1S/C34H70N2O2.ClH/c1-3-5-7-9-11-13-15-17-19-21-23-25-32-38-33-30-36-28-27-35(29-31-37)34(36)26-24-22-20-18-16-14-12-10-8-6-4-2;/h34,37H,3-33H2,1-2H3;1H. The van der Waals surface area contributed by atoms with Crippen molar-refractivity contribution in [1.82, 2.24) is 9.80 Å². The summed E-state index contributed by atoms with van der Waals surface area (Å²) in [5, 5.41) is 9.52. The van der Waals surface area contributed by atoms with E-state index in [2.05, 4.69) is 23.6 Å². The molecule has 1 saturated heterocycles. The van der Waals surface area contributed by atoms with Crippen LogP contribution in [0.1, 0.15) is 168 Å². The highest BCUT2D eigenvalue weighted by Gasteiger charge is 2.30. The van der Waals surface area contributed by atoms with Gasteiger partial charge in [0.05, 0.1) is 19.4 Å². The Morgan fingerprint density at radius 1 is 0.513 bits per heavy atom. The summed E-state index contributed by atoms with van der Waals surface area (Å²) in [6.45, 7) is 10.7. The average molecular weight is 575 g/mol. The second-order valence-corrected chi connectivity index (χ2v) is 12.1. The molecule has 1 rings (SSSR count). The molecule has 0 aromatic heterocycles. The van der Waals surface area contributed by atoms with Crippen molar-refractivity contribution in [3.8, 4) is 0 Å². The molecule has 0 amide bonds. The lowest BCUT2D eigenvalue weighted by Crippen LogP contribution is -2.41. The summed E-state index contributed by atoms with van der Waals surface area (Å²) in [6.07, 6.45) is 33.9. The second-order valence-electron chi connectivity index (χ2n) is 12.1. The molecule has 1 atom stereocenters. The van der Waals surface area contributed by atoms with E-state index in [9.17, 15) is 5.11 Å². The number of aliphatic hydroxyl groups excluding tert-OH is 1. The lowest BCUT2D eigenvalue weighted by atomic mass is 10.0. The van der Waals surface area contributed by atoms with Gasteiger partial charge in [-0.15, -0.1) is 12.4 Å². The molecular formula is C34H71ClN2O2. The fraction of sp³-hybridized carbons (Fsp3) is 1.00. The van der Waals surface area contributed by atoms with Gasteiger partial charge in [-0.2, -0.15) is 0 Å². The number of unbranched alkanes of at least 4 members (excludes halogenated alkanes) is 21. The lowest BCUT2D eigenvalue weighted by Gasteiger charge is -2.30. The quantitative estimate of drug-likeness (QED) is 0.0866. The normalized spacial score (nSPS) is 16.2. The predicted octanol–water partition coefficient (Wildman–Crippen LogP) is 9.76. The van der Waals surface area contributed by atoms with Crippen molar-refractivity contribution in [3.05, 3.63) is 0 Å². The molecule has 39 heavy (non-hydrogen) atoms. The molecule has 0 aliphatic carbocycles. The summed E-state index contributed by atoms with van der Waals surface area (Å²) in [5.41, 5.74) is 0. The fourth-order valence-electron chi connectivity index (χ4n) is 6.12. The summed E-state index contributed by atoms with van der Waals surface area (Å²) in [4.78, 5) is 5.12. The van der Waals surface area contributed by atoms with Crippen molar-refractivity contribution in [1.29, 1.82) is 0 Å². The molecule has 0 aromatic carbocycles. The van der Waals surface area contributed by atoms with Crippen LogP contribution in [0.2, 0.25) is 0 Å². The molecule has 0 bridgehead atoms. The molecule has 0 radical (unpaired) electrons. The van der Waals surface area contributed by atoms with E-state index < -0.39 is 0 Å². The van der Waals surface area contributed by atoms with Crippen molar-refractivity contribution in [2.45, 2.75) is 174 Å². The number of β-amino-alcohol motifs (C(OH)–C–C–N with tert-alkyl or cyclic N) is 1. The van der Waals surface area contributed by atoms with Crippen LogP contribution in [0, 0.1) is 0 Å². The minimum absolute atomic E-state index is 0. The van der Waals surface area contributed by atoms with Gasteiger partial charge in [0.2, 0.25) is 0 Å². The van der Waals surface area contributed by atoms with Gasteiger partial charge in [-0.1, -0.05) is 155 Å². The smallest absolute Gasteiger partial charge is 0.0624 e. The third kappa shape index (κ3) is 23.4. The van der Waals surface area contributed by atoms with E-state index in [1.807, 2.05) is 0 Å². The van der Waals surface area contributed by atoms with Crippen LogP contribution in [-0.2, 0) is 4.74 Å². The highest BCUT2D eigenvalue weighted by molar-refractivity contribution is 5.85. The zero-order valence-electron chi connectivity index (χ0n) is 26.7. The van der Waals surface area contributed by atoms with E-state index >= 15 is 0 Å². The van der Waals surface area contributed by atoms with Gasteiger partial charge >= 0.3 is 0 Å². The van der Waals surface area contributed by atoms with Crippen LogP contribution in [-0.4, -0.2) is 67.1 Å². The van der Waals surface area contributed by atoms with E-state index in [4.69, 9.17) is 4.74 Å². The van der Waals surface area contributed by atoms with Crippen LogP contribution >= 0.6 is 12.4 Å². The predicted molar refractivity (Wildman–Crippen MR) is 174 cm³/mol. The SMILES string of the molecule is CCCCCCCCCCCCCCOCCN1CCN(CCO)C1CCCCCCCCCCCCC.Cl. The Morgan fingerprint density at radius 2 is 0.897 bits per heavy atom. The Morgan fingerprint density at radius 3 is 1.33 bits per heavy atom. The van der Waals surface area contributed by atoms with Crippen LogP contribution in [0.5, 0.6) is 0 Å². The molecule has 1 heterocycles. The van der Waals surface area contributed by atoms with Gasteiger partial charge in [-0.25, -0.2) is 0 Å². The molecule has 0 saturated carbocycles. The molecule has 1 fully saturated rings. The Balaban J connectivity index is 0.0000144. The highest BCUT2D eigenvalue weighted by Crippen LogP contribution is 2.21. The third-order valence-electron chi connectivity index (χ3n) is 8.64. The van der Waals surface area contributed by atoms with Crippen LogP contribution in [0.3, 0.4) is 0 Å². The summed E-state index contributed by atoms with van der Waals surface area (Å²) in [7, 11) is 0. The van der Waals surface area contributed by atoms with E-state index in [1.54, 1.807) is 0 Å². The maximum absolute atomic E-state index is 9.52. The van der Waals surface area contributed by atoms with Crippen molar-refractivity contribution < 1.29 is 9.84 Å². The van der Waals surface area contributed by atoms with Crippen LogP contribution in [0.25, 0.3) is 0 Å². The maximum Gasteiger partial charge on any atom is 0.0624 e. The van der Waals surface area contributed by atoms with Gasteiger partial charge in [0, 0.05) is 32.8 Å². The van der Waals surface area contributed by atoms with E-state index in [0.29, 0.717) is 6.17 Å². The maximum atomic E-state index is 9.52. The van der Waals surface area contributed by atoms with Gasteiger partial charge in [-0.05, 0) is 12.8 Å². The van der Waals surface area contributed by atoms with E-state index in [1.165, 1.54) is 154 Å². The van der Waals surface area contributed by atoms with E-state index in [0.717, 1.165) is 39.4 Å². The number of ether oxygens (including phenoxy) is 1.